The Morgan fingerprint density at radius 3 is 2.44 bits per heavy atom. The smallest absolute Gasteiger partial charge is 0.320 e. The Labute approximate surface area is 157 Å². The number of aryl methyl sites for hydroxylation is 1. The molecule has 2 amide bonds. The summed E-state index contributed by atoms with van der Waals surface area (Å²) in [6.07, 6.45) is 7.13. The predicted molar refractivity (Wildman–Crippen MR) is 104 cm³/mol. The third-order valence-electron chi connectivity index (χ3n) is 4.83. The van der Waals surface area contributed by atoms with Gasteiger partial charge in [-0.2, -0.15) is 0 Å². The van der Waals surface area contributed by atoms with Gasteiger partial charge in [-0.15, -0.1) is 0 Å². The lowest BCUT2D eigenvalue weighted by atomic mass is 9.99. The standard InChI is InChI=1S/C21H20N4O2/c22-21(27)25-7-1-2-16-8-19(12-24-20(16)25)18-9-17(10-23-11-18)15-5-3-14(13-26)4-6-15/h3-6,8-12,26H,1-2,7,13H2,(H2,22,27). The molecule has 0 unspecified atom stereocenters. The number of nitrogens with zero attached hydrogens (tertiary/aromatic N) is 3. The van der Waals surface area contributed by atoms with Crippen LogP contribution >= 0.6 is 0 Å². The maximum atomic E-state index is 11.6. The number of urea groups is 1. The van der Waals surface area contributed by atoms with E-state index in [-0.39, 0.29) is 6.61 Å². The highest BCUT2D eigenvalue weighted by Gasteiger charge is 2.22. The van der Waals surface area contributed by atoms with Crippen molar-refractivity contribution in [3.63, 3.8) is 0 Å². The predicted octanol–water partition coefficient (Wildman–Crippen LogP) is 3.13. The van der Waals surface area contributed by atoms with E-state index in [1.54, 1.807) is 6.20 Å². The second kappa shape index (κ2) is 7.17. The van der Waals surface area contributed by atoms with E-state index in [4.69, 9.17) is 5.73 Å². The van der Waals surface area contributed by atoms with E-state index >= 15 is 0 Å². The molecule has 0 bridgehead atoms. The van der Waals surface area contributed by atoms with Crippen LogP contribution in [0.2, 0.25) is 0 Å². The molecule has 3 heterocycles. The Kier molecular flexibility index (Phi) is 4.56. The van der Waals surface area contributed by atoms with Crippen LogP contribution in [-0.2, 0) is 13.0 Å². The zero-order valence-electron chi connectivity index (χ0n) is 14.8. The summed E-state index contributed by atoms with van der Waals surface area (Å²) in [6, 6.07) is 11.4. The molecule has 1 aliphatic heterocycles. The molecule has 0 spiro atoms. The third kappa shape index (κ3) is 3.39. The number of benzene rings is 1. The summed E-state index contributed by atoms with van der Waals surface area (Å²) >= 11 is 0. The van der Waals surface area contributed by atoms with E-state index in [1.165, 1.54) is 4.90 Å². The fourth-order valence-electron chi connectivity index (χ4n) is 3.39. The topological polar surface area (TPSA) is 92.3 Å². The quantitative estimate of drug-likeness (QED) is 0.750. The third-order valence-corrected chi connectivity index (χ3v) is 4.83. The molecule has 27 heavy (non-hydrogen) atoms. The van der Waals surface area contributed by atoms with Gasteiger partial charge in [-0.3, -0.25) is 9.88 Å². The minimum absolute atomic E-state index is 0.0294. The molecule has 136 valence electrons. The number of fused-ring (bicyclic) bond motifs is 1. The highest BCUT2D eigenvalue weighted by atomic mass is 16.3. The van der Waals surface area contributed by atoms with Crippen molar-refractivity contribution >= 4 is 11.8 Å². The first-order chi connectivity index (χ1) is 13.2. The second-order valence-corrected chi connectivity index (χ2v) is 6.62. The Morgan fingerprint density at radius 1 is 1.04 bits per heavy atom. The number of aromatic nitrogens is 2. The number of nitrogens with two attached hydrogens (primary N) is 1. The van der Waals surface area contributed by atoms with Crippen molar-refractivity contribution in [1.82, 2.24) is 9.97 Å². The van der Waals surface area contributed by atoms with E-state index in [1.807, 2.05) is 36.7 Å². The summed E-state index contributed by atoms with van der Waals surface area (Å²) in [4.78, 5) is 22.0. The van der Waals surface area contributed by atoms with Gasteiger partial charge in [-0.1, -0.05) is 24.3 Å². The van der Waals surface area contributed by atoms with Crippen LogP contribution in [0, 0.1) is 0 Å². The van der Waals surface area contributed by atoms with Gasteiger partial charge in [-0.25, -0.2) is 9.78 Å². The number of amides is 2. The van der Waals surface area contributed by atoms with Gasteiger partial charge < -0.3 is 10.8 Å². The van der Waals surface area contributed by atoms with Crippen molar-refractivity contribution < 1.29 is 9.90 Å². The lowest BCUT2D eigenvalue weighted by Crippen LogP contribution is -2.40. The molecule has 0 saturated carbocycles. The zero-order valence-corrected chi connectivity index (χ0v) is 14.8. The molecule has 0 atom stereocenters. The number of primary amides is 1. The molecule has 0 fully saturated rings. The molecule has 0 radical (unpaired) electrons. The zero-order chi connectivity index (χ0) is 18.8. The molecule has 3 aromatic rings. The van der Waals surface area contributed by atoms with Crippen LogP contribution in [0.15, 0.2) is 55.0 Å². The van der Waals surface area contributed by atoms with Crippen molar-refractivity contribution in [2.75, 3.05) is 11.4 Å². The fraction of sp³-hybridized carbons (Fsp3) is 0.190. The SMILES string of the molecule is NC(=O)N1CCCc2cc(-c3cncc(-c4ccc(CO)cc4)c3)cnc21. The van der Waals surface area contributed by atoms with Crippen LogP contribution < -0.4 is 10.6 Å². The number of hydrogen-bond donors (Lipinski definition) is 2. The summed E-state index contributed by atoms with van der Waals surface area (Å²) in [5, 5.41) is 9.19. The van der Waals surface area contributed by atoms with Gasteiger partial charge in [0.25, 0.3) is 0 Å². The lowest BCUT2D eigenvalue weighted by Gasteiger charge is -2.26. The van der Waals surface area contributed by atoms with Crippen molar-refractivity contribution in [2.24, 2.45) is 5.73 Å². The van der Waals surface area contributed by atoms with E-state index in [9.17, 15) is 9.90 Å². The largest absolute Gasteiger partial charge is 0.392 e. The normalized spacial score (nSPS) is 13.3. The first-order valence-corrected chi connectivity index (χ1v) is 8.87. The summed E-state index contributed by atoms with van der Waals surface area (Å²) in [6.45, 7) is 0.636. The maximum Gasteiger partial charge on any atom is 0.320 e. The first-order valence-electron chi connectivity index (χ1n) is 8.87. The minimum Gasteiger partial charge on any atom is -0.392 e. The average Bonchev–Trinajstić information content (AvgIpc) is 2.73. The molecular formula is C21H20N4O2. The Hall–Kier alpha value is -3.25. The summed E-state index contributed by atoms with van der Waals surface area (Å²) in [7, 11) is 0. The van der Waals surface area contributed by atoms with Crippen molar-refractivity contribution in [3.05, 3.63) is 66.1 Å². The monoisotopic (exact) mass is 360 g/mol. The maximum absolute atomic E-state index is 11.6. The molecular weight excluding hydrogens is 340 g/mol. The average molecular weight is 360 g/mol. The van der Waals surface area contributed by atoms with Crippen molar-refractivity contribution in [3.8, 4) is 22.3 Å². The fourth-order valence-corrected chi connectivity index (χ4v) is 3.39. The first kappa shape index (κ1) is 17.2. The van der Waals surface area contributed by atoms with Gasteiger partial charge in [0, 0.05) is 41.8 Å². The molecule has 1 aliphatic rings. The van der Waals surface area contributed by atoms with Crippen LogP contribution in [-0.4, -0.2) is 27.7 Å². The summed E-state index contributed by atoms with van der Waals surface area (Å²) in [5.41, 5.74) is 11.3. The van der Waals surface area contributed by atoms with E-state index < -0.39 is 6.03 Å². The van der Waals surface area contributed by atoms with E-state index in [2.05, 4.69) is 22.1 Å². The van der Waals surface area contributed by atoms with Gasteiger partial charge >= 0.3 is 6.03 Å². The number of aliphatic hydroxyl groups excluding tert-OH is 1. The van der Waals surface area contributed by atoms with Crippen LogP contribution in [0.5, 0.6) is 0 Å². The highest BCUT2D eigenvalue weighted by Crippen LogP contribution is 2.30. The number of hydrogen-bond acceptors (Lipinski definition) is 4. The molecule has 2 aromatic heterocycles. The lowest BCUT2D eigenvalue weighted by molar-refractivity contribution is 0.253. The van der Waals surface area contributed by atoms with E-state index in [0.717, 1.165) is 46.2 Å². The molecule has 0 aliphatic carbocycles. The van der Waals surface area contributed by atoms with Crippen molar-refractivity contribution in [2.45, 2.75) is 19.4 Å². The Balaban J connectivity index is 1.69. The number of anilines is 1. The highest BCUT2D eigenvalue weighted by molar-refractivity contribution is 5.91. The molecule has 6 nitrogen and oxygen atoms in total. The van der Waals surface area contributed by atoms with Crippen LogP contribution in [0.3, 0.4) is 0 Å². The van der Waals surface area contributed by atoms with Gasteiger partial charge in [0.2, 0.25) is 0 Å². The summed E-state index contributed by atoms with van der Waals surface area (Å²) < 4.78 is 0. The summed E-state index contributed by atoms with van der Waals surface area (Å²) in [5.74, 6) is 0.654. The van der Waals surface area contributed by atoms with Gasteiger partial charge in [0.05, 0.1) is 6.61 Å². The molecule has 6 heteroatoms. The number of pyridine rings is 2. The van der Waals surface area contributed by atoms with Crippen LogP contribution in [0.25, 0.3) is 22.3 Å². The van der Waals surface area contributed by atoms with Crippen LogP contribution in [0.1, 0.15) is 17.5 Å². The van der Waals surface area contributed by atoms with Gasteiger partial charge in [0.1, 0.15) is 5.82 Å². The number of carbonyl (C=O) groups excluding carboxylic acids is 1. The second-order valence-electron chi connectivity index (χ2n) is 6.62. The molecule has 3 N–H and O–H groups in total. The number of rotatable bonds is 3. The molecule has 4 rings (SSSR count). The van der Waals surface area contributed by atoms with Gasteiger partial charge in [0.15, 0.2) is 0 Å². The number of carbonyl (C=O) groups is 1. The Bertz CT molecular complexity index is 986. The number of aliphatic hydroxyl groups is 1. The minimum atomic E-state index is -0.466. The Morgan fingerprint density at radius 2 is 1.74 bits per heavy atom. The van der Waals surface area contributed by atoms with Crippen molar-refractivity contribution in [1.29, 1.82) is 0 Å². The van der Waals surface area contributed by atoms with E-state index in [0.29, 0.717) is 12.4 Å². The molecule has 0 saturated heterocycles. The molecule has 1 aromatic carbocycles. The van der Waals surface area contributed by atoms with Crippen LogP contribution in [0.4, 0.5) is 10.6 Å². The van der Waals surface area contributed by atoms with Gasteiger partial charge in [-0.05, 0) is 41.7 Å².